The zero-order valence-corrected chi connectivity index (χ0v) is 9.87. The molecule has 1 rings (SSSR count). The molecule has 1 heterocycles. The zero-order chi connectivity index (χ0) is 10.6. The van der Waals surface area contributed by atoms with Gasteiger partial charge in [-0.3, -0.25) is 4.90 Å². The van der Waals surface area contributed by atoms with Crippen molar-refractivity contribution in [3.63, 3.8) is 0 Å². The molecule has 0 amide bonds. The Bertz CT molecular complexity index is 161. The first-order chi connectivity index (χ1) is 6.69. The first-order valence-electron chi connectivity index (χ1n) is 5.83. The Kier molecular flexibility index (Phi) is 4.85. The minimum absolute atomic E-state index is 0.553. The van der Waals surface area contributed by atoms with Crippen LogP contribution < -0.4 is 5.73 Å². The Morgan fingerprint density at radius 3 is 2.71 bits per heavy atom. The summed E-state index contributed by atoms with van der Waals surface area (Å²) in [7, 11) is 2.20. The number of hydrogen-bond acceptors (Lipinski definition) is 3. The van der Waals surface area contributed by atoms with E-state index in [0.717, 1.165) is 13.1 Å². The molecular weight excluding hydrogens is 174 g/mol. The molecule has 2 N–H and O–H groups in total. The van der Waals surface area contributed by atoms with Crippen molar-refractivity contribution in [2.45, 2.75) is 38.8 Å². The quantitative estimate of drug-likeness (QED) is 0.728. The fraction of sp³-hybridized carbons (Fsp3) is 1.00. The van der Waals surface area contributed by atoms with Crippen molar-refractivity contribution < 1.29 is 0 Å². The maximum Gasteiger partial charge on any atom is 0.0348 e. The molecular formula is C11H25N3. The Hall–Kier alpha value is -0.120. The summed E-state index contributed by atoms with van der Waals surface area (Å²) < 4.78 is 0. The van der Waals surface area contributed by atoms with Crippen molar-refractivity contribution in [2.24, 2.45) is 5.73 Å². The van der Waals surface area contributed by atoms with Crippen LogP contribution in [0.4, 0.5) is 0 Å². The van der Waals surface area contributed by atoms with E-state index in [9.17, 15) is 0 Å². The fourth-order valence-electron chi connectivity index (χ4n) is 2.36. The molecule has 1 aliphatic rings. The summed E-state index contributed by atoms with van der Waals surface area (Å²) in [5.74, 6) is 0. The van der Waals surface area contributed by atoms with Crippen molar-refractivity contribution in [1.82, 2.24) is 9.80 Å². The highest BCUT2D eigenvalue weighted by Gasteiger charge is 2.26. The number of likely N-dealkylation sites (N-methyl/N-ethyl adjacent to an activating group) is 1. The van der Waals surface area contributed by atoms with Crippen LogP contribution in [0.2, 0.25) is 0 Å². The van der Waals surface area contributed by atoms with Gasteiger partial charge in [0.2, 0.25) is 0 Å². The van der Waals surface area contributed by atoms with Crippen molar-refractivity contribution in [3.8, 4) is 0 Å². The number of nitrogens with two attached hydrogens (primary N) is 1. The van der Waals surface area contributed by atoms with E-state index >= 15 is 0 Å². The van der Waals surface area contributed by atoms with E-state index < -0.39 is 0 Å². The van der Waals surface area contributed by atoms with Gasteiger partial charge in [0.15, 0.2) is 0 Å². The highest BCUT2D eigenvalue weighted by atomic mass is 15.3. The van der Waals surface area contributed by atoms with Crippen molar-refractivity contribution in [2.75, 3.05) is 33.2 Å². The molecule has 0 bridgehead atoms. The highest BCUT2D eigenvalue weighted by molar-refractivity contribution is 4.83. The van der Waals surface area contributed by atoms with E-state index in [2.05, 4.69) is 30.7 Å². The van der Waals surface area contributed by atoms with Gasteiger partial charge in [-0.1, -0.05) is 6.92 Å². The predicted molar refractivity (Wildman–Crippen MR) is 61.4 cm³/mol. The molecule has 3 nitrogen and oxygen atoms in total. The van der Waals surface area contributed by atoms with Crippen LogP contribution in [0.3, 0.4) is 0 Å². The van der Waals surface area contributed by atoms with Gasteiger partial charge in [0.1, 0.15) is 0 Å². The Balaban J connectivity index is 2.63. The zero-order valence-electron chi connectivity index (χ0n) is 9.87. The molecule has 0 spiro atoms. The van der Waals surface area contributed by atoms with Crippen molar-refractivity contribution >= 4 is 0 Å². The maximum absolute atomic E-state index is 5.85. The van der Waals surface area contributed by atoms with E-state index in [-0.39, 0.29) is 0 Å². The van der Waals surface area contributed by atoms with E-state index in [1.54, 1.807) is 0 Å². The second-order valence-corrected chi connectivity index (χ2v) is 4.53. The van der Waals surface area contributed by atoms with Crippen LogP contribution in [0.15, 0.2) is 0 Å². The molecule has 0 aromatic carbocycles. The molecule has 0 saturated carbocycles. The highest BCUT2D eigenvalue weighted by Crippen LogP contribution is 2.15. The third-order valence-corrected chi connectivity index (χ3v) is 3.24. The third-order valence-electron chi connectivity index (χ3n) is 3.24. The molecule has 84 valence electrons. The van der Waals surface area contributed by atoms with Gasteiger partial charge in [-0.2, -0.15) is 0 Å². The lowest BCUT2D eigenvalue weighted by Crippen LogP contribution is -2.48. The van der Waals surface area contributed by atoms with Gasteiger partial charge in [-0.15, -0.1) is 0 Å². The number of hydrogen-bond donors (Lipinski definition) is 1. The van der Waals surface area contributed by atoms with Gasteiger partial charge < -0.3 is 10.6 Å². The minimum Gasteiger partial charge on any atom is -0.329 e. The van der Waals surface area contributed by atoms with Gasteiger partial charge in [0.05, 0.1) is 0 Å². The van der Waals surface area contributed by atoms with Gasteiger partial charge in [0.25, 0.3) is 0 Å². The fourth-order valence-corrected chi connectivity index (χ4v) is 2.36. The lowest BCUT2D eigenvalue weighted by molar-refractivity contribution is 0.148. The molecule has 1 saturated heterocycles. The van der Waals surface area contributed by atoms with Crippen LogP contribution in [0.25, 0.3) is 0 Å². The second kappa shape index (κ2) is 5.69. The summed E-state index contributed by atoms with van der Waals surface area (Å²) >= 11 is 0. The third kappa shape index (κ3) is 2.94. The standard InChI is InChI=1S/C11H25N3/c1-4-6-14-10(2)5-7-13(3)9-11(14)8-12/h10-11H,4-9,12H2,1-3H3. The summed E-state index contributed by atoms with van der Waals surface area (Å²) in [4.78, 5) is 4.99. The molecule has 14 heavy (non-hydrogen) atoms. The largest absolute Gasteiger partial charge is 0.329 e. The molecule has 1 fully saturated rings. The molecule has 2 atom stereocenters. The van der Waals surface area contributed by atoms with E-state index in [4.69, 9.17) is 5.73 Å². The number of rotatable bonds is 3. The van der Waals surface area contributed by atoms with Crippen LogP contribution in [0.5, 0.6) is 0 Å². The van der Waals surface area contributed by atoms with Crippen LogP contribution in [0, 0.1) is 0 Å². The average Bonchev–Trinajstić information content (AvgIpc) is 2.31. The monoisotopic (exact) mass is 199 g/mol. The van der Waals surface area contributed by atoms with Gasteiger partial charge in [-0.25, -0.2) is 0 Å². The smallest absolute Gasteiger partial charge is 0.0348 e. The van der Waals surface area contributed by atoms with Gasteiger partial charge >= 0.3 is 0 Å². The Morgan fingerprint density at radius 1 is 1.43 bits per heavy atom. The molecule has 0 aromatic heterocycles. The summed E-state index contributed by atoms with van der Waals surface area (Å²) in [6.07, 6.45) is 2.50. The van der Waals surface area contributed by atoms with Crippen molar-refractivity contribution in [1.29, 1.82) is 0 Å². The van der Waals surface area contributed by atoms with Crippen LogP contribution in [0.1, 0.15) is 26.7 Å². The van der Waals surface area contributed by atoms with Gasteiger partial charge in [0, 0.05) is 25.2 Å². The molecule has 2 unspecified atom stereocenters. The van der Waals surface area contributed by atoms with E-state index in [0.29, 0.717) is 12.1 Å². The number of nitrogens with zero attached hydrogens (tertiary/aromatic N) is 2. The minimum atomic E-state index is 0.553. The topological polar surface area (TPSA) is 32.5 Å². The normalized spacial score (nSPS) is 31.7. The lowest BCUT2D eigenvalue weighted by atomic mass is 10.1. The summed E-state index contributed by atoms with van der Waals surface area (Å²) in [6, 6.07) is 1.24. The first-order valence-corrected chi connectivity index (χ1v) is 5.83. The lowest BCUT2D eigenvalue weighted by Gasteiger charge is -2.33. The Labute approximate surface area is 88.2 Å². The second-order valence-electron chi connectivity index (χ2n) is 4.53. The first kappa shape index (κ1) is 12.0. The summed E-state index contributed by atoms with van der Waals surface area (Å²) in [5, 5.41) is 0. The Morgan fingerprint density at radius 2 is 2.14 bits per heavy atom. The molecule has 3 heteroatoms. The van der Waals surface area contributed by atoms with Crippen LogP contribution >= 0.6 is 0 Å². The molecule has 0 radical (unpaired) electrons. The van der Waals surface area contributed by atoms with E-state index in [1.807, 2.05) is 0 Å². The summed E-state index contributed by atoms with van der Waals surface area (Å²) in [5.41, 5.74) is 5.85. The van der Waals surface area contributed by atoms with Crippen LogP contribution in [-0.4, -0.2) is 55.1 Å². The maximum atomic E-state index is 5.85. The molecule has 0 aliphatic carbocycles. The molecule has 1 aliphatic heterocycles. The van der Waals surface area contributed by atoms with E-state index in [1.165, 1.54) is 25.9 Å². The summed E-state index contributed by atoms with van der Waals surface area (Å²) in [6.45, 7) is 8.89. The predicted octanol–water partition coefficient (Wildman–Crippen LogP) is 0.750. The molecule has 0 aromatic rings. The van der Waals surface area contributed by atoms with Gasteiger partial charge in [-0.05, 0) is 39.9 Å². The SMILES string of the molecule is CCCN1C(C)CCN(C)CC1CN. The van der Waals surface area contributed by atoms with Crippen LogP contribution in [-0.2, 0) is 0 Å². The van der Waals surface area contributed by atoms with Crippen molar-refractivity contribution in [3.05, 3.63) is 0 Å². The average molecular weight is 199 g/mol.